The minimum atomic E-state index is -0.0810. The number of rotatable bonds is 5. The van der Waals surface area contributed by atoms with E-state index in [4.69, 9.17) is 9.26 Å². The van der Waals surface area contributed by atoms with Crippen LogP contribution in [0.25, 0.3) is 0 Å². The van der Waals surface area contributed by atoms with Gasteiger partial charge in [0, 0.05) is 25.7 Å². The molecule has 1 amide bonds. The van der Waals surface area contributed by atoms with E-state index in [0.29, 0.717) is 17.0 Å². The Kier molecular flexibility index (Phi) is 5.38. The van der Waals surface area contributed by atoms with Gasteiger partial charge >= 0.3 is 0 Å². The summed E-state index contributed by atoms with van der Waals surface area (Å²) >= 11 is 0. The van der Waals surface area contributed by atoms with Crippen LogP contribution in [0.2, 0.25) is 0 Å². The van der Waals surface area contributed by atoms with E-state index in [2.05, 4.69) is 27.5 Å². The number of hydrogen-bond donors (Lipinski definition) is 1. The molecule has 1 aromatic carbocycles. The number of benzene rings is 1. The van der Waals surface area contributed by atoms with Crippen LogP contribution in [0.5, 0.6) is 5.75 Å². The number of aryl methyl sites for hydroxylation is 2. The minimum Gasteiger partial charge on any atom is -0.497 e. The Morgan fingerprint density at radius 1 is 1.36 bits per heavy atom. The molecule has 1 fully saturated rings. The number of amides is 1. The summed E-state index contributed by atoms with van der Waals surface area (Å²) in [5, 5.41) is 6.97. The summed E-state index contributed by atoms with van der Waals surface area (Å²) in [4.78, 5) is 14.8. The monoisotopic (exact) mass is 343 g/mol. The third-order valence-corrected chi connectivity index (χ3v) is 4.72. The maximum absolute atomic E-state index is 12.4. The Hall–Kier alpha value is -2.34. The van der Waals surface area contributed by atoms with Crippen molar-refractivity contribution >= 4 is 5.91 Å². The van der Waals surface area contributed by atoms with Gasteiger partial charge in [0.05, 0.1) is 12.8 Å². The zero-order valence-electron chi connectivity index (χ0n) is 15.0. The molecular formula is C19H25N3O3. The molecule has 0 spiro atoms. The Balaban J connectivity index is 1.51. The molecule has 2 heterocycles. The van der Waals surface area contributed by atoms with Crippen molar-refractivity contribution in [2.75, 3.05) is 20.2 Å². The van der Waals surface area contributed by atoms with Crippen LogP contribution in [0.1, 0.15) is 40.2 Å². The first-order valence-electron chi connectivity index (χ1n) is 8.66. The number of carbonyl (C=O) groups is 1. The molecule has 0 bridgehead atoms. The third-order valence-electron chi connectivity index (χ3n) is 4.72. The second-order valence-corrected chi connectivity index (χ2v) is 6.57. The molecular weight excluding hydrogens is 318 g/mol. The molecule has 0 radical (unpaired) electrons. The summed E-state index contributed by atoms with van der Waals surface area (Å²) in [6.45, 7) is 6.39. The van der Waals surface area contributed by atoms with Crippen molar-refractivity contribution in [2.24, 2.45) is 0 Å². The average Bonchev–Trinajstić information content (AvgIpc) is 2.95. The lowest BCUT2D eigenvalue weighted by molar-refractivity contribution is 0.0907. The molecule has 1 saturated heterocycles. The van der Waals surface area contributed by atoms with Gasteiger partial charge in [-0.25, -0.2) is 0 Å². The zero-order valence-corrected chi connectivity index (χ0v) is 15.0. The number of hydrogen-bond acceptors (Lipinski definition) is 5. The van der Waals surface area contributed by atoms with E-state index in [1.807, 2.05) is 12.1 Å². The quantitative estimate of drug-likeness (QED) is 0.904. The molecule has 0 atom stereocenters. The van der Waals surface area contributed by atoms with E-state index in [9.17, 15) is 4.79 Å². The molecule has 0 saturated carbocycles. The Labute approximate surface area is 148 Å². The average molecular weight is 343 g/mol. The van der Waals surface area contributed by atoms with Gasteiger partial charge in [0.25, 0.3) is 5.91 Å². The van der Waals surface area contributed by atoms with E-state index < -0.39 is 0 Å². The van der Waals surface area contributed by atoms with Gasteiger partial charge in [0.1, 0.15) is 17.1 Å². The van der Waals surface area contributed by atoms with Crippen LogP contribution in [0, 0.1) is 13.8 Å². The van der Waals surface area contributed by atoms with Gasteiger partial charge < -0.3 is 14.6 Å². The Bertz CT molecular complexity index is 714. The lowest BCUT2D eigenvalue weighted by Crippen LogP contribution is -2.44. The summed E-state index contributed by atoms with van der Waals surface area (Å²) in [5.74, 6) is 1.38. The van der Waals surface area contributed by atoms with E-state index in [0.717, 1.165) is 38.2 Å². The second-order valence-electron chi connectivity index (χ2n) is 6.57. The molecule has 1 N–H and O–H groups in total. The van der Waals surface area contributed by atoms with Crippen molar-refractivity contribution in [1.29, 1.82) is 0 Å². The fourth-order valence-corrected chi connectivity index (χ4v) is 3.33. The first-order valence-corrected chi connectivity index (χ1v) is 8.66. The van der Waals surface area contributed by atoms with Gasteiger partial charge in [0.2, 0.25) is 0 Å². The SMILES string of the molecule is COc1cccc(CN2CCC(NC(=O)c3c(C)noc3C)CC2)c1. The standard InChI is InChI=1S/C19H25N3O3/c1-13-18(14(2)25-21-13)19(23)20-16-7-9-22(10-8-16)12-15-5-4-6-17(11-15)24-3/h4-6,11,16H,7-10,12H2,1-3H3,(H,20,23). The van der Waals surface area contributed by atoms with E-state index >= 15 is 0 Å². The lowest BCUT2D eigenvalue weighted by Gasteiger charge is -2.32. The van der Waals surface area contributed by atoms with Crippen LogP contribution in [0.3, 0.4) is 0 Å². The maximum Gasteiger partial charge on any atom is 0.257 e. The molecule has 6 nitrogen and oxygen atoms in total. The lowest BCUT2D eigenvalue weighted by atomic mass is 10.0. The van der Waals surface area contributed by atoms with Gasteiger partial charge in [-0.3, -0.25) is 9.69 Å². The topological polar surface area (TPSA) is 67.6 Å². The number of nitrogens with one attached hydrogen (secondary N) is 1. The Morgan fingerprint density at radius 2 is 2.12 bits per heavy atom. The van der Waals surface area contributed by atoms with Crippen molar-refractivity contribution in [1.82, 2.24) is 15.4 Å². The molecule has 3 rings (SSSR count). The molecule has 1 aliphatic rings. The number of methoxy groups -OCH3 is 1. The first-order chi connectivity index (χ1) is 12.1. The van der Waals surface area contributed by atoms with Crippen molar-refractivity contribution in [3.63, 3.8) is 0 Å². The highest BCUT2D eigenvalue weighted by atomic mass is 16.5. The van der Waals surface area contributed by atoms with Crippen LogP contribution in [-0.2, 0) is 6.54 Å². The van der Waals surface area contributed by atoms with E-state index in [1.54, 1.807) is 21.0 Å². The third kappa shape index (κ3) is 4.20. The maximum atomic E-state index is 12.4. The van der Waals surface area contributed by atoms with Gasteiger partial charge in [-0.05, 0) is 44.4 Å². The van der Waals surface area contributed by atoms with Crippen LogP contribution in [0.15, 0.2) is 28.8 Å². The predicted octanol–water partition coefficient (Wildman–Crippen LogP) is 2.69. The fraction of sp³-hybridized carbons (Fsp3) is 0.474. The number of piperidine rings is 1. The summed E-state index contributed by atoms with van der Waals surface area (Å²) in [7, 11) is 1.69. The molecule has 1 aliphatic heterocycles. The van der Waals surface area contributed by atoms with Gasteiger partial charge in [-0.1, -0.05) is 17.3 Å². The molecule has 25 heavy (non-hydrogen) atoms. The van der Waals surface area contributed by atoms with E-state index in [-0.39, 0.29) is 11.9 Å². The minimum absolute atomic E-state index is 0.0810. The number of nitrogens with zero attached hydrogens (tertiary/aromatic N) is 2. The van der Waals surface area contributed by atoms with Crippen molar-refractivity contribution in [3.8, 4) is 5.75 Å². The van der Waals surface area contributed by atoms with Crippen molar-refractivity contribution in [3.05, 3.63) is 46.8 Å². The summed E-state index contributed by atoms with van der Waals surface area (Å²) in [5.41, 5.74) is 2.46. The molecule has 0 aliphatic carbocycles. The summed E-state index contributed by atoms with van der Waals surface area (Å²) < 4.78 is 10.4. The summed E-state index contributed by atoms with van der Waals surface area (Å²) in [6, 6.07) is 8.37. The molecule has 1 aromatic heterocycles. The predicted molar refractivity (Wildman–Crippen MR) is 94.7 cm³/mol. The van der Waals surface area contributed by atoms with Gasteiger partial charge in [-0.2, -0.15) is 0 Å². The van der Waals surface area contributed by atoms with Crippen LogP contribution < -0.4 is 10.1 Å². The largest absolute Gasteiger partial charge is 0.497 e. The highest BCUT2D eigenvalue weighted by Crippen LogP contribution is 2.18. The van der Waals surface area contributed by atoms with Crippen molar-refractivity contribution < 1.29 is 14.1 Å². The number of aromatic nitrogens is 1. The van der Waals surface area contributed by atoms with E-state index in [1.165, 1.54) is 5.56 Å². The van der Waals surface area contributed by atoms with Crippen LogP contribution >= 0.6 is 0 Å². The van der Waals surface area contributed by atoms with Crippen LogP contribution in [-0.4, -0.2) is 42.2 Å². The number of likely N-dealkylation sites (tertiary alicyclic amines) is 1. The zero-order chi connectivity index (χ0) is 17.8. The van der Waals surface area contributed by atoms with Gasteiger partial charge in [-0.15, -0.1) is 0 Å². The van der Waals surface area contributed by atoms with Crippen molar-refractivity contribution in [2.45, 2.75) is 39.3 Å². The molecule has 0 unspecified atom stereocenters. The highest BCUT2D eigenvalue weighted by molar-refractivity contribution is 5.96. The molecule has 134 valence electrons. The fourth-order valence-electron chi connectivity index (χ4n) is 3.33. The van der Waals surface area contributed by atoms with Gasteiger partial charge in [0.15, 0.2) is 0 Å². The second kappa shape index (κ2) is 7.70. The number of ether oxygens (including phenoxy) is 1. The summed E-state index contributed by atoms with van der Waals surface area (Å²) in [6.07, 6.45) is 1.89. The first kappa shape index (κ1) is 17.5. The smallest absolute Gasteiger partial charge is 0.257 e. The highest BCUT2D eigenvalue weighted by Gasteiger charge is 2.24. The number of carbonyl (C=O) groups excluding carboxylic acids is 1. The normalized spacial score (nSPS) is 16.0. The molecule has 6 heteroatoms. The molecule has 2 aromatic rings. The Morgan fingerprint density at radius 3 is 2.76 bits per heavy atom. The van der Waals surface area contributed by atoms with Crippen LogP contribution in [0.4, 0.5) is 0 Å².